The van der Waals surface area contributed by atoms with Crippen LogP contribution in [0, 0.1) is 0 Å². The van der Waals surface area contributed by atoms with E-state index in [4.69, 9.17) is 0 Å². The molecule has 0 saturated heterocycles. The molecule has 0 saturated carbocycles. The molecule has 0 aliphatic carbocycles. The van der Waals surface area contributed by atoms with Crippen LogP contribution in [-0.4, -0.2) is 18.2 Å². The number of methoxy groups -OCH3 is 1. The number of ether oxygens (including phenoxy) is 1. The van der Waals surface area contributed by atoms with E-state index in [2.05, 4.69) is 11.7 Å². The molecule has 0 spiro atoms. The van der Waals surface area contributed by atoms with Gasteiger partial charge in [0.25, 0.3) is 0 Å². The molecule has 0 atom stereocenters. The fourth-order valence-corrected chi connectivity index (χ4v) is 2.60. The van der Waals surface area contributed by atoms with Crippen molar-refractivity contribution in [1.29, 1.82) is 0 Å². The van der Waals surface area contributed by atoms with Gasteiger partial charge < -0.3 is 9.84 Å². The van der Waals surface area contributed by atoms with E-state index in [9.17, 15) is 9.90 Å². The Morgan fingerprint density at radius 2 is 1.77 bits per heavy atom. The highest BCUT2D eigenvalue weighted by Gasteiger charge is 2.05. The van der Waals surface area contributed by atoms with Crippen molar-refractivity contribution in [3.05, 3.63) is 64.7 Å². The van der Waals surface area contributed by atoms with Crippen molar-refractivity contribution in [2.24, 2.45) is 0 Å². The van der Waals surface area contributed by atoms with Crippen LogP contribution in [0.5, 0.6) is 5.75 Å². The van der Waals surface area contributed by atoms with Crippen molar-refractivity contribution in [3.63, 3.8) is 0 Å². The zero-order valence-electron chi connectivity index (χ0n) is 13.1. The maximum atomic E-state index is 11.4. The van der Waals surface area contributed by atoms with E-state index >= 15 is 0 Å². The van der Waals surface area contributed by atoms with E-state index in [0.717, 1.165) is 25.7 Å². The van der Waals surface area contributed by atoms with Crippen LogP contribution in [0.2, 0.25) is 0 Å². The lowest BCUT2D eigenvalue weighted by molar-refractivity contribution is 0.0600. The van der Waals surface area contributed by atoms with Crippen LogP contribution in [0.3, 0.4) is 0 Å². The zero-order valence-corrected chi connectivity index (χ0v) is 13.1. The van der Waals surface area contributed by atoms with E-state index in [0.29, 0.717) is 11.3 Å². The summed E-state index contributed by atoms with van der Waals surface area (Å²) in [5.41, 5.74) is 4.28. The molecule has 22 heavy (non-hydrogen) atoms. The van der Waals surface area contributed by atoms with Crippen molar-refractivity contribution >= 4 is 5.97 Å². The van der Waals surface area contributed by atoms with E-state index in [1.54, 1.807) is 18.2 Å². The van der Waals surface area contributed by atoms with Gasteiger partial charge in [-0.1, -0.05) is 25.1 Å². The van der Waals surface area contributed by atoms with Crippen LogP contribution in [-0.2, 0) is 24.0 Å². The maximum absolute atomic E-state index is 11.4. The van der Waals surface area contributed by atoms with Gasteiger partial charge in [-0.25, -0.2) is 4.79 Å². The van der Waals surface area contributed by atoms with Crippen LogP contribution in [0.4, 0.5) is 0 Å². The molecule has 0 amide bonds. The minimum atomic E-state index is -0.307. The maximum Gasteiger partial charge on any atom is 0.337 e. The van der Waals surface area contributed by atoms with Gasteiger partial charge in [-0.2, -0.15) is 0 Å². The number of rotatable bonds is 6. The smallest absolute Gasteiger partial charge is 0.337 e. The molecule has 0 heterocycles. The van der Waals surface area contributed by atoms with E-state index in [1.807, 2.05) is 24.3 Å². The van der Waals surface area contributed by atoms with Crippen molar-refractivity contribution in [2.45, 2.75) is 32.6 Å². The van der Waals surface area contributed by atoms with Crippen molar-refractivity contribution in [3.8, 4) is 5.75 Å². The molecule has 116 valence electrons. The van der Waals surface area contributed by atoms with Gasteiger partial charge in [0.1, 0.15) is 5.75 Å². The highest BCUT2D eigenvalue weighted by atomic mass is 16.5. The summed E-state index contributed by atoms with van der Waals surface area (Å²) in [6, 6.07) is 13.1. The molecule has 2 aromatic rings. The predicted molar refractivity (Wildman–Crippen MR) is 87.3 cm³/mol. The summed E-state index contributed by atoms with van der Waals surface area (Å²) in [4.78, 5) is 11.4. The summed E-state index contributed by atoms with van der Waals surface area (Å²) in [5, 5.41) is 9.61. The molecule has 0 unspecified atom stereocenters. The summed E-state index contributed by atoms with van der Waals surface area (Å²) < 4.78 is 4.69. The lowest BCUT2D eigenvalue weighted by Crippen LogP contribution is -2.01. The monoisotopic (exact) mass is 298 g/mol. The fourth-order valence-electron chi connectivity index (χ4n) is 2.60. The van der Waals surface area contributed by atoms with Gasteiger partial charge >= 0.3 is 5.97 Å². The van der Waals surface area contributed by atoms with Crippen molar-refractivity contribution < 1.29 is 14.6 Å². The minimum Gasteiger partial charge on any atom is -0.508 e. The Bertz CT molecular complexity index is 630. The molecule has 0 bridgehead atoms. The first kappa shape index (κ1) is 16.1. The topological polar surface area (TPSA) is 46.5 Å². The molecule has 1 N–H and O–H groups in total. The van der Waals surface area contributed by atoms with Gasteiger partial charge in [0.05, 0.1) is 12.7 Å². The first-order valence-electron chi connectivity index (χ1n) is 7.62. The molecule has 2 rings (SSSR count). The molecular weight excluding hydrogens is 276 g/mol. The van der Waals surface area contributed by atoms with Crippen LogP contribution in [0.1, 0.15) is 40.4 Å². The fraction of sp³-hybridized carbons (Fsp3) is 0.316. The second-order valence-corrected chi connectivity index (χ2v) is 5.35. The number of phenolic OH excluding ortho intramolecular Hbond substituents is 1. The zero-order chi connectivity index (χ0) is 15.9. The highest BCUT2D eigenvalue weighted by molar-refractivity contribution is 5.89. The normalized spacial score (nSPS) is 10.5. The van der Waals surface area contributed by atoms with Gasteiger partial charge in [-0.15, -0.1) is 0 Å². The van der Waals surface area contributed by atoms with E-state index < -0.39 is 0 Å². The average molecular weight is 298 g/mol. The Morgan fingerprint density at radius 3 is 2.41 bits per heavy atom. The van der Waals surface area contributed by atoms with Crippen molar-refractivity contribution in [1.82, 2.24) is 0 Å². The number of esters is 1. The standard InChI is InChI=1S/C19H22O3/c1-3-15-11-12-18(20)13-17(15)6-4-5-14-7-9-16(10-8-14)19(21)22-2/h7-13,20H,3-6H2,1-2H3. The Kier molecular flexibility index (Phi) is 5.59. The third-order valence-electron chi connectivity index (χ3n) is 3.86. The van der Waals surface area contributed by atoms with Gasteiger partial charge in [0, 0.05) is 0 Å². The lowest BCUT2D eigenvalue weighted by atomic mass is 9.98. The average Bonchev–Trinajstić information content (AvgIpc) is 2.55. The van der Waals surface area contributed by atoms with Crippen LogP contribution < -0.4 is 0 Å². The number of phenols is 1. The van der Waals surface area contributed by atoms with Gasteiger partial charge in [-0.05, 0) is 66.6 Å². The summed E-state index contributed by atoms with van der Waals surface area (Å²) >= 11 is 0. The molecule has 2 aromatic carbocycles. The summed E-state index contributed by atoms with van der Waals surface area (Å²) in [7, 11) is 1.39. The number of benzene rings is 2. The Morgan fingerprint density at radius 1 is 1.05 bits per heavy atom. The largest absolute Gasteiger partial charge is 0.508 e. The van der Waals surface area contributed by atoms with E-state index in [1.165, 1.54) is 23.8 Å². The van der Waals surface area contributed by atoms with Crippen molar-refractivity contribution in [2.75, 3.05) is 7.11 Å². The molecule has 0 aliphatic rings. The Labute approximate surface area is 131 Å². The number of carbonyl (C=O) groups is 1. The second-order valence-electron chi connectivity index (χ2n) is 5.35. The number of hydrogen-bond donors (Lipinski definition) is 1. The number of hydrogen-bond acceptors (Lipinski definition) is 3. The van der Waals surface area contributed by atoms with Gasteiger partial charge in [-0.3, -0.25) is 0 Å². The summed E-state index contributed by atoms with van der Waals surface area (Å²) in [5.74, 6) is 0.0218. The third-order valence-corrected chi connectivity index (χ3v) is 3.86. The quantitative estimate of drug-likeness (QED) is 0.822. The Balaban J connectivity index is 1.94. The summed E-state index contributed by atoms with van der Waals surface area (Å²) in [6.07, 6.45) is 3.87. The van der Waals surface area contributed by atoms with Gasteiger partial charge in [0.15, 0.2) is 0 Å². The predicted octanol–water partition coefficient (Wildman–Crippen LogP) is 3.92. The molecule has 3 heteroatoms. The molecule has 3 nitrogen and oxygen atoms in total. The first-order valence-corrected chi connectivity index (χ1v) is 7.62. The molecular formula is C19H22O3. The number of carbonyl (C=O) groups excluding carboxylic acids is 1. The highest BCUT2D eigenvalue weighted by Crippen LogP contribution is 2.19. The molecule has 0 aromatic heterocycles. The Hall–Kier alpha value is -2.29. The van der Waals surface area contributed by atoms with E-state index in [-0.39, 0.29) is 5.97 Å². The number of aryl methyl sites for hydroxylation is 3. The minimum absolute atomic E-state index is 0.307. The molecule has 0 aliphatic heterocycles. The SMILES string of the molecule is CCc1ccc(O)cc1CCCc1ccc(C(=O)OC)cc1. The summed E-state index contributed by atoms with van der Waals surface area (Å²) in [6.45, 7) is 2.13. The number of aromatic hydroxyl groups is 1. The lowest BCUT2D eigenvalue weighted by Gasteiger charge is -2.09. The second kappa shape index (κ2) is 7.64. The molecule has 0 radical (unpaired) electrons. The first-order chi connectivity index (χ1) is 10.6. The molecule has 0 fully saturated rings. The van der Waals surface area contributed by atoms with Gasteiger partial charge in [0.2, 0.25) is 0 Å². The van der Waals surface area contributed by atoms with Crippen LogP contribution >= 0.6 is 0 Å². The van der Waals surface area contributed by atoms with Crippen LogP contribution in [0.25, 0.3) is 0 Å². The van der Waals surface area contributed by atoms with Crippen LogP contribution in [0.15, 0.2) is 42.5 Å². The third kappa shape index (κ3) is 4.10.